The smallest absolute Gasteiger partial charge is 0.222 e. The second-order valence-electron chi connectivity index (χ2n) is 6.02. The van der Waals surface area contributed by atoms with Gasteiger partial charge >= 0.3 is 0 Å². The van der Waals surface area contributed by atoms with E-state index in [2.05, 4.69) is 17.4 Å². The van der Waals surface area contributed by atoms with Crippen molar-refractivity contribution in [2.45, 2.75) is 25.7 Å². The van der Waals surface area contributed by atoms with E-state index in [1.54, 1.807) is 0 Å². The molecule has 0 aliphatic carbocycles. The van der Waals surface area contributed by atoms with Crippen LogP contribution in [0.3, 0.4) is 0 Å². The molecule has 1 N–H and O–H groups in total. The highest BCUT2D eigenvalue weighted by Gasteiger charge is 2.45. The lowest BCUT2D eigenvalue weighted by Crippen LogP contribution is -2.63. The van der Waals surface area contributed by atoms with Gasteiger partial charge in [0.05, 0.1) is 0 Å². The zero-order valence-electron chi connectivity index (χ0n) is 11.4. The van der Waals surface area contributed by atoms with Crippen LogP contribution in [0.4, 0.5) is 0 Å². The van der Waals surface area contributed by atoms with E-state index in [0.29, 0.717) is 17.7 Å². The summed E-state index contributed by atoms with van der Waals surface area (Å²) in [7, 11) is 0. The number of nitrogens with zero attached hydrogens (tertiary/aromatic N) is 1. The number of nitrogens with one attached hydrogen (secondary N) is 1. The lowest BCUT2D eigenvalue weighted by Gasteiger charge is -2.52. The van der Waals surface area contributed by atoms with Crippen LogP contribution in [-0.2, 0) is 11.2 Å². The van der Waals surface area contributed by atoms with Crippen molar-refractivity contribution in [3.63, 3.8) is 0 Å². The first-order valence-electron chi connectivity index (χ1n) is 7.30. The van der Waals surface area contributed by atoms with Crippen molar-refractivity contribution in [3.8, 4) is 0 Å². The summed E-state index contributed by atoms with van der Waals surface area (Å²) in [6, 6.07) is 10.3. The first kappa shape index (κ1) is 12.7. The molecule has 2 fully saturated rings. The molecule has 0 saturated carbocycles. The molecule has 2 aliphatic heterocycles. The van der Waals surface area contributed by atoms with Gasteiger partial charge in [0.1, 0.15) is 0 Å². The normalized spacial score (nSPS) is 21.2. The van der Waals surface area contributed by atoms with Crippen molar-refractivity contribution in [2.24, 2.45) is 5.41 Å². The van der Waals surface area contributed by atoms with Gasteiger partial charge in [0.25, 0.3) is 0 Å². The molecule has 0 bridgehead atoms. The molecule has 0 aromatic heterocycles. The average molecular weight is 258 g/mol. The van der Waals surface area contributed by atoms with Crippen molar-refractivity contribution in [3.05, 3.63) is 35.9 Å². The van der Waals surface area contributed by atoms with Crippen LogP contribution in [0, 0.1) is 5.41 Å². The topological polar surface area (TPSA) is 32.3 Å². The lowest BCUT2D eigenvalue weighted by molar-refractivity contribution is -0.144. The monoisotopic (exact) mass is 258 g/mol. The largest absolute Gasteiger partial charge is 0.341 e. The minimum absolute atomic E-state index is 0.319. The summed E-state index contributed by atoms with van der Waals surface area (Å²) in [5.74, 6) is 0.319. The quantitative estimate of drug-likeness (QED) is 0.897. The number of piperidine rings is 1. The number of carbonyl (C=O) groups is 1. The average Bonchev–Trinajstić information content (AvgIpc) is 2.44. The van der Waals surface area contributed by atoms with Gasteiger partial charge in [0.15, 0.2) is 0 Å². The standard InChI is InChI=1S/C16H22N2O/c19-15(8-7-14-5-2-1-3-6-14)18-12-16(13-18)9-4-10-17-11-16/h1-3,5-6,17H,4,7-13H2. The molecule has 19 heavy (non-hydrogen) atoms. The minimum atomic E-state index is 0.319. The predicted molar refractivity (Wildman–Crippen MR) is 75.9 cm³/mol. The summed E-state index contributed by atoms with van der Waals surface area (Å²) < 4.78 is 0. The van der Waals surface area contributed by atoms with Crippen LogP contribution in [0.25, 0.3) is 0 Å². The van der Waals surface area contributed by atoms with Crippen LogP contribution in [0.15, 0.2) is 30.3 Å². The predicted octanol–water partition coefficient (Wildman–Crippen LogP) is 1.83. The Morgan fingerprint density at radius 3 is 2.74 bits per heavy atom. The fourth-order valence-corrected chi connectivity index (χ4v) is 3.29. The van der Waals surface area contributed by atoms with Crippen molar-refractivity contribution in [1.82, 2.24) is 10.2 Å². The molecule has 0 radical (unpaired) electrons. The molecule has 0 atom stereocenters. The SMILES string of the molecule is O=C(CCc1ccccc1)N1CC2(CCCNC2)C1. The third-order valence-electron chi connectivity index (χ3n) is 4.44. The zero-order chi connectivity index (χ0) is 13.1. The zero-order valence-corrected chi connectivity index (χ0v) is 11.4. The molecule has 3 rings (SSSR count). The summed E-state index contributed by atoms with van der Waals surface area (Å²) in [5, 5.41) is 3.46. The summed E-state index contributed by atoms with van der Waals surface area (Å²) >= 11 is 0. The number of amides is 1. The number of hydrogen-bond donors (Lipinski definition) is 1. The summed E-state index contributed by atoms with van der Waals surface area (Å²) in [4.78, 5) is 14.2. The Hall–Kier alpha value is -1.35. The second kappa shape index (κ2) is 5.33. The van der Waals surface area contributed by atoms with E-state index >= 15 is 0 Å². The highest BCUT2D eigenvalue weighted by molar-refractivity contribution is 5.77. The molecule has 0 unspecified atom stereocenters. The fourth-order valence-electron chi connectivity index (χ4n) is 3.29. The number of aryl methyl sites for hydroxylation is 1. The number of benzene rings is 1. The molecule has 1 spiro atoms. The Labute approximate surface area is 115 Å². The molecule has 1 amide bonds. The van der Waals surface area contributed by atoms with E-state index in [1.807, 2.05) is 23.1 Å². The van der Waals surface area contributed by atoms with Crippen LogP contribution in [-0.4, -0.2) is 37.0 Å². The van der Waals surface area contributed by atoms with E-state index in [0.717, 1.165) is 32.6 Å². The van der Waals surface area contributed by atoms with Gasteiger partial charge in [0.2, 0.25) is 5.91 Å². The van der Waals surface area contributed by atoms with Crippen LogP contribution in [0.5, 0.6) is 0 Å². The molecule has 2 heterocycles. The summed E-state index contributed by atoms with van der Waals surface area (Å²) in [5.41, 5.74) is 1.66. The van der Waals surface area contributed by atoms with E-state index in [4.69, 9.17) is 0 Å². The van der Waals surface area contributed by atoms with Crippen molar-refractivity contribution in [1.29, 1.82) is 0 Å². The highest BCUT2D eigenvalue weighted by Crippen LogP contribution is 2.36. The number of likely N-dealkylation sites (tertiary alicyclic amines) is 1. The summed E-state index contributed by atoms with van der Waals surface area (Å²) in [6.07, 6.45) is 4.05. The molecule has 3 heteroatoms. The van der Waals surface area contributed by atoms with Gasteiger partial charge in [-0.25, -0.2) is 0 Å². The maximum atomic E-state index is 12.1. The van der Waals surface area contributed by atoms with Crippen LogP contribution < -0.4 is 5.32 Å². The number of hydrogen-bond acceptors (Lipinski definition) is 2. The van der Waals surface area contributed by atoms with Gasteiger partial charge < -0.3 is 10.2 Å². The van der Waals surface area contributed by atoms with Gasteiger partial charge in [-0.15, -0.1) is 0 Å². The second-order valence-corrected chi connectivity index (χ2v) is 6.02. The van der Waals surface area contributed by atoms with Crippen molar-refractivity contribution < 1.29 is 4.79 Å². The van der Waals surface area contributed by atoms with Gasteiger partial charge in [0, 0.05) is 31.5 Å². The minimum Gasteiger partial charge on any atom is -0.341 e. The Kier molecular flexibility index (Phi) is 3.56. The maximum absolute atomic E-state index is 12.1. The first-order chi connectivity index (χ1) is 9.27. The Morgan fingerprint density at radius 2 is 2.05 bits per heavy atom. The Balaban J connectivity index is 1.45. The molecule has 1 aromatic carbocycles. The molecule has 2 saturated heterocycles. The molecule has 3 nitrogen and oxygen atoms in total. The molecular weight excluding hydrogens is 236 g/mol. The molecule has 102 valence electrons. The Morgan fingerprint density at radius 1 is 1.26 bits per heavy atom. The van der Waals surface area contributed by atoms with Crippen molar-refractivity contribution in [2.75, 3.05) is 26.2 Å². The molecule has 1 aromatic rings. The Bertz CT molecular complexity index is 429. The van der Waals surface area contributed by atoms with Gasteiger partial charge in [-0.3, -0.25) is 4.79 Å². The lowest BCUT2D eigenvalue weighted by atomic mass is 9.74. The molecular formula is C16H22N2O. The van der Waals surface area contributed by atoms with Gasteiger partial charge in [-0.1, -0.05) is 30.3 Å². The van der Waals surface area contributed by atoms with Crippen LogP contribution in [0.1, 0.15) is 24.8 Å². The van der Waals surface area contributed by atoms with E-state index in [-0.39, 0.29) is 0 Å². The van der Waals surface area contributed by atoms with E-state index in [9.17, 15) is 4.79 Å². The maximum Gasteiger partial charge on any atom is 0.222 e. The number of rotatable bonds is 3. The van der Waals surface area contributed by atoms with Crippen molar-refractivity contribution >= 4 is 5.91 Å². The number of carbonyl (C=O) groups excluding carboxylic acids is 1. The highest BCUT2D eigenvalue weighted by atomic mass is 16.2. The van der Waals surface area contributed by atoms with Crippen LogP contribution >= 0.6 is 0 Å². The van der Waals surface area contributed by atoms with Crippen LogP contribution in [0.2, 0.25) is 0 Å². The fraction of sp³-hybridized carbons (Fsp3) is 0.562. The molecule has 2 aliphatic rings. The third kappa shape index (κ3) is 2.81. The summed E-state index contributed by atoms with van der Waals surface area (Å²) in [6.45, 7) is 4.17. The van der Waals surface area contributed by atoms with Gasteiger partial charge in [-0.2, -0.15) is 0 Å². The van der Waals surface area contributed by atoms with Gasteiger partial charge in [-0.05, 0) is 31.4 Å². The first-order valence-corrected chi connectivity index (χ1v) is 7.30. The third-order valence-corrected chi connectivity index (χ3v) is 4.44. The van der Waals surface area contributed by atoms with E-state index < -0.39 is 0 Å². The van der Waals surface area contributed by atoms with E-state index in [1.165, 1.54) is 18.4 Å².